The first-order valence-electron chi connectivity index (χ1n) is 9.77. The Balaban J connectivity index is 1.88. The van der Waals surface area contributed by atoms with Gasteiger partial charge in [-0.2, -0.15) is 4.31 Å². The summed E-state index contributed by atoms with van der Waals surface area (Å²) in [6, 6.07) is 13.2. The van der Waals surface area contributed by atoms with Gasteiger partial charge in [0, 0.05) is 30.7 Å². The van der Waals surface area contributed by atoms with Gasteiger partial charge in [0.05, 0.1) is 13.7 Å². The van der Waals surface area contributed by atoms with E-state index in [1.807, 2.05) is 30.3 Å². The Kier molecular flexibility index (Phi) is 7.74. The summed E-state index contributed by atoms with van der Waals surface area (Å²) in [6.07, 6.45) is 0. The van der Waals surface area contributed by atoms with Crippen molar-refractivity contribution in [3.05, 3.63) is 65.4 Å². The molecule has 0 fully saturated rings. The lowest BCUT2D eigenvalue weighted by Gasteiger charge is -2.19. The van der Waals surface area contributed by atoms with E-state index in [0.29, 0.717) is 0 Å². The Hall–Kier alpha value is -3.35. The van der Waals surface area contributed by atoms with Crippen LogP contribution in [0.5, 0.6) is 5.75 Å². The quantitative estimate of drug-likeness (QED) is 0.454. The number of nitrogens with one attached hydrogen (secondary N) is 1. The second-order valence-corrected chi connectivity index (χ2v) is 9.51. The maximum Gasteiger partial charge on any atom is 0.362 e. The lowest BCUT2D eigenvalue weighted by atomic mass is 10.2. The summed E-state index contributed by atoms with van der Waals surface area (Å²) in [5, 5.41) is 6.32. The van der Waals surface area contributed by atoms with Crippen LogP contribution in [-0.4, -0.2) is 55.0 Å². The van der Waals surface area contributed by atoms with E-state index in [4.69, 9.17) is 9.47 Å². The largest absolute Gasteiger partial charge is 0.495 e. The number of sulfonamides is 1. The molecule has 174 valence electrons. The smallest absolute Gasteiger partial charge is 0.362 e. The summed E-state index contributed by atoms with van der Waals surface area (Å²) < 4.78 is 41.5. The second kappa shape index (κ2) is 10.5. The first kappa shape index (κ1) is 24.3. The number of rotatable bonds is 9. The molecule has 0 saturated carbocycles. The van der Waals surface area contributed by atoms with E-state index in [1.165, 1.54) is 36.7 Å². The van der Waals surface area contributed by atoms with Gasteiger partial charge in [0.15, 0.2) is 5.00 Å². The van der Waals surface area contributed by atoms with E-state index < -0.39 is 21.9 Å². The average Bonchev–Trinajstić information content (AvgIpc) is 3.27. The highest BCUT2D eigenvalue weighted by atomic mass is 32.2. The van der Waals surface area contributed by atoms with Crippen molar-refractivity contribution in [3.8, 4) is 5.75 Å². The van der Waals surface area contributed by atoms with Crippen LogP contribution in [0.3, 0.4) is 0 Å². The number of anilines is 1. The molecular weight excluding hydrogens is 468 g/mol. The van der Waals surface area contributed by atoms with E-state index in [9.17, 15) is 18.0 Å². The Morgan fingerprint density at radius 3 is 2.55 bits per heavy atom. The molecule has 33 heavy (non-hydrogen) atoms. The molecule has 0 aliphatic carbocycles. The van der Waals surface area contributed by atoms with Crippen LogP contribution >= 0.6 is 11.5 Å². The molecule has 1 amide bonds. The number of methoxy groups -OCH3 is 1. The fraction of sp³-hybridized carbons (Fsp3) is 0.238. The molecule has 10 nitrogen and oxygen atoms in total. The number of esters is 1. The number of hydrogen-bond acceptors (Lipinski definition) is 9. The summed E-state index contributed by atoms with van der Waals surface area (Å²) in [7, 11) is -1.20. The minimum absolute atomic E-state index is 0.0469. The Morgan fingerprint density at radius 1 is 1.15 bits per heavy atom. The summed E-state index contributed by atoms with van der Waals surface area (Å²) in [5.41, 5.74) is 0.727. The summed E-state index contributed by atoms with van der Waals surface area (Å²) >= 11 is 0.805. The fourth-order valence-electron chi connectivity index (χ4n) is 2.89. The Labute approximate surface area is 195 Å². The van der Waals surface area contributed by atoms with Crippen molar-refractivity contribution in [3.63, 3.8) is 0 Å². The fourth-order valence-corrected chi connectivity index (χ4v) is 4.78. The molecule has 0 spiro atoms. The number of carbonyl (C=O) groups excluding carboxylic acids is 2. The molecule has 1 N–H and O–H groups in total. The number of hydrogen-bond donors (Lipinski definition) is 1. The molecular formula is C21H22N4O6S2. The van der Waals surface area contributed by atoms with E-state index in [2.05, 4.69) is 14.9 Å². The van der Waals surface area contributed by atoms with Gasteiger partial charge < -0.3 is 14.8 Å². The van der Waals surface area contributed by atoms with Gasteiger partial charge in [-0.3, -0.25) is 4.79 Å². The molecule has 1 aromatic heterocycles. The first-order chi connectivity index (χ1) is 15.8. The van der Waals surface area contributed by atoms with Crippen LogP contribution in [0.4, 0.5) is 5.00 Å². The Morgan fingerprint density at radius 2 is 1.88 bits per heavy atom. The van der Waals surface area contributed by atoms with Gasteiger partial charge in [-0.25, -0.2) is 13.2 Å². The number of benzene rings is 2. The lowest BCUT2D eigenvalue weighted by molar-refractivity contribution is 0.0520. The van der Waals surface area contributed by atoms with Gasteiger partial charge in [-0.15, -0.1) is 5.10 Å². The van der Waals surface area contributed by atoms with Crippen molar-refractivity contribution in [2.24, 2.45) is 0 Å². The van der Waals surface area contributed by atoms with Crippen LogP contribution in [0.25, 0.3) is 0 Å². The lowest BCUT2D eigenvalue weighted by Crippen LogP contribution is -2.27. The van der Waals surface area contributed by atoms with Crippen LogP contribution in [0.1, 0.15) is 33.3 Å². The van der Waals surface area contributed by atoms with E-state index in [-0.39, 0.29) is 40.1 Å². The third kappa shape index (κ3) is 5.53. The van der Waals surface area contributed by atoms with Crippen molar-refractivity contribution in [1.29, 1.82) is 0 Å². The molecule has 0 aliphatic heterocycles. The third-order valence-electron chi connectivity index (χ3n) is 4.55. The zero-order valence-corrected chi connectivity index (χ0v) is 19.8. The van der Waals surface area contributed by atoms with E-state index in [0.717, 1.165) is 17.1 Å². The average molecular weight is 491 g/mol. The number of amides is 1. The van der Waals surface area contributed by atoms with Gasteiger partial charge in [0.1, 0.15) is 10.6 Å². The van der Waals surface area contributed by atoms with Crippen LogP contribution in [0.15, 0.2) is 53.4 Å². The number of ether oxygens (including phenoxy) is 2. The van der Waals surface area contributed by atoms with Crippen LogP contribution in [0, 0.1) is 0 Å². The van der Waals surface area contributed by atoms with Gasteiger partial charge in [-0.05, 0) is 30.7 Å². The van der Waals surface area contributed by atoms with Gasteiger partial charge in [-0.1, -0.05) is 34.8 Å². The van der Waals surface area contributed by atoms with Crippen molar-refractivity contribution < 1.29 is 27.5 Å². The van der Waals surface area contributed by atoms with Crippen molar-refractivity contribution >= 4 is 38.4 Å². The minimum Gasteiger partial charge on any atom is -0.495 e. The van der Waals surface area contributed by atoms with Gasteiger partial charge >= 0.3 is 5.97 Å². The van der Waals surface area contributed by atoms with Crippen molar-refractivity contribution in [1.82, 2.24) is 13.9 Å². The molecule has 2 aromatic carbocycles. The molecule has 1 heterocycles. The third-order valence-corrected chi connectivity index (χ3v) is 7.01. The molecule has 12 heteroatoms. The monoisotopic (exact) mass is 490 g/mol. The van der Waals surface area contributed by atoms with Crippen LogP contribution in [-0.2, 0) is 21.3 Å². The van der Waals surface area contributed by atoms with Crippen LogP contribution < -0.4 is 10.1 Å². The topological polar surface area (TPSA) is 128 Å². The molecule has 0 radical (unpaired) electrons. The molecule has 0 saturated heterocycles. The number of nitrogens with zero attached hydrogens (tertiary/aromatic N) is 3. The summed E-state index contributed by atoms with van der Waals surface area (Å²) in [5.74, 6) is -1.27. The van der Waals surface area contributed by atoms with E-state index in [1.54, 1.807) is 6.92 Å². The van der Waals surface area contributed by atoms with Crippen LogP contribution in [0.2, 0.25) is 0 Å². The molecule has 3 rings (SSSR count). The zero-order chi connectivity index (χ0) is 24.0. The maximum atomic E-state index is 13.3. The highest BCUT2D eigenvalue weighted by Gasteiger charge is 2.27. The number of aromatic nitrogens is 2. The normalized spacial score (nSPS) is 11.3. The molecule has 0 unspecified atom stereocenters. The number of carbonyl (C=O) groups is 2. The van der Waals surface area contributed by atoms with Gasteiger partial charge in [0.25, 0.3) is 5.91 Å². The second-order valence-electron chi connectivity index (χ2n) is 6.74. The maximum absolute atomic E-state index is 13.3. The SMILES string of the molecule is CCOC(=O)c1nnsc1NC(=O)c1ccc(OC)c(S(=O)(=O)N(C)Cc2ccccc2)c1. The molecule has 0 bridgehead atoms. The molecule has 0 aliphatic rings. The van der Waals surface area contributed by atoms with E-state index >= 15 is 0 Å². The standard InChI is InChI=1S/C21H22N4O6S2/c1-4-31-21(27)18-20(32-24-23-18)22-19(26)15-10-11-16(30-3)17(12-15)33(28,29)25(2)13-14-8-6-5-7-9-14/h5-12H,4,13H2,1-3H3,(H,22,26). The predicted octanol–water partition coefficient (Wildman–Crippen LogP) is 2.80. The molecule has 3 aromatic rings. The first-order valence-corrected chi connectivity index (χ1v) is 12.0. The summed E-state index contributed by atoms with van der Waals surface area (Å²) in [4.78, 5) is 24.6. The van der Waals surface area contributed by atoms with Crippen molar-refractivity contribution in [2.45, 2.75) is 18.4 Å². The Bertz CT molecular complexity index is 1240. The van der Waals surface area contributed by atoms with Crippen molar-refractivity contribution in [2.75, 3.05) is 26.1 Å². The predicted molar refractivity (Wildman–Crippen MR) is 122 cm³/mol. The zero-order valence-electron chi connectivity index (χ0n) is 18.1. The summed E-state index contributed by atoms with van der Waals surface area (Å²) in [6.45, 7) is 1.92. The minimum atomic E-state index is -3.99. The highest BCUT2D eigenvalue weighted by Crippen LogP contribution is 2.29. The van der Waals surface area contributed by atoms with Gasteiger partial charge in [0.2, 0.25) is 15.7 Å². The molecule has 0 atom stereocenters. The highest BCUT2D eigenvalue weighted by molar-refractivity contribution is 7.89.